The Bertz CT molecular complexity index is 785. The predicted molar refractivity (Wildman–Crippen MR) is 81.0 cm³/mol. The molecule has 0 amide bonds. The molecule has 0 saturated carbocycles. The maximum atomic E-state index is 13.4. The first-order chi connectivity index (χ1) is 10.2. The summed E-state index contributed by atoms with van der Waals surface area (Å²) in [5.74, 6) is 0.0120. The summed E-state index contributed by atoms with van der Waals surface area (Å²) in [5.41, 5.74) is 2.44. The van der Waals surface area contributed by atoms with Gasteiger partial charge in [-0.1, -0.05) is 51.4 Å². The minimum Gasteiger partial charge on any atom is -0.391 e. The fourth-order valence-electron chi connectivity index (χ4n) is 2.18. The van der Waals surface area contributed by atoms with E-state index >= 15 is 0 Å². The molecule has 0 radical (unpaired) electrons. The molecule has 1 heterocycles. The van der Waals surface area contributed by atoms with Crippen LogP contribution in [0.25, 0.3) is 22.6 Å². The van der Waals surface area contributed by atoms with Gasteiger partial charge >= 0.3 is 0 Å². The van der Waals surface area contributed by atoms with Gasteiger partial charge in [-0.15, -0.1) is 0 Å². The molecule has 1 N–H and O–H groups in total. The third kappa shape index (κ3) is 2.62. The topological polar surface area (TPSA) is 46.3 Å². The van der Waals surface area contributed by atoms with Gasteiger partial charge in [0.05, 0.1) is 12.2 Å². The van der Waals surface area contributed by atoms with E-state index in [1.807, 2.05) is 24.3 Å². The Morgan fingerprint density at radius 3 is 2.67 bits per heavy atom. The first-order valence-electron chi connectivity index (χ1n) is 6.31. The average Bonchev–Trinajstić information content (AvgIpc) is 2.91. The highest BCUT2D eigenvalue weighted by Crippen LogP contribution is 2.35. The Balaban J connectivity index is 2.16. The second-order valence-electron chi connectivity index (χ2n) is 4.49. The summed E-state index contributed by atoms with van der Waals surface area (Å²) in [4.78, 5) is 0. The van der Waals surface area contributed by atoms with Crippen LogP contribution in [-0.4, -0.2) is 10.3 Å². The molecule has 106 valence electrons. The van der Waals surface area contributed by atoms with Gasteiger partial charge in [0.25, 0.3) is 0 Å². The molecule has 0 bridgehead atoms. The maximum Gasteiger partial charge on any atom is 0.173 e. The van der Waals surface area contributed by atoms with E-state index in [-0.39, 0.29) is 12.4 Å². The lowest BCUT2D eigenvalue weighted by Crippen LogP contribution is -1.90. The summed E-state index contributed by atoms with van der Waals surface area (Å²) < 4.78 is 19.5. The summed E-state index contributed by atoms with van der Waals surface area (Å²) >= 11 is 3.45. The zero-order valence-corrected chi connectivity index (χ0v) is 12.5. The number of aliphatic hydroxyl groups excluding tert-OH is 1. The monoisotopic (exact) mass is 347 g/mol. The molecule has 0 spiro atoms. The molecule has 21 heavy (non-hydrogen) atoms. The molecule has 0 aliphatic rings. The van der Waals surface area contributed by atoms with Crippen molar-refractivity contribution < 1.29 is 14.0 Å². The number of aromatic nitrogens is 1. The number of hydrogen-bond acceptors (Lipinski definition) is 3. The largest absolute Gasteiger partial charge is 0.391 e. The number of rotatable bonds is 3. The molecule has 2 aromatic carbocycles. The third-order valence-corrected chi connectivity index (χ3v) is 3.85. The molecular weight excluding hydrogens is 337 g/mol. The SMILES string of the molecule is OCc1c(-c2ccccc2Br)noc1-c1cccc(F)c1. The van der Waals surface area contributed by atoms with Crippen molar-refractivity contribution in [1.29, 1.82) is 0 Å². The molecule has 0 aliphatic carbocycles. The van der Waals surface area contributed by atoms with Gasteiger partial charge in [-0.05, 0) is 18.2 Å². The van der Waals surface area contributed by atoms with Crippen LogP contribution in [0.3, 0.4) is 0 Å². The molecule has 0 atom stereocenters. The van der Waals surface area contributed by atoms with Crippen LogP contribution in [0.2, 0.25) is 0 Å². The van der Waals surface area contributed by atoms with Gasteiger partial charge < -0.3 is 9.63 Å². The van der Waals surface area contributed by atoms with Crippen LogP contribution in [0.1, 0.15) is 5.56 Å². The Hall–Kier alpha value is -1.98. The molecule has 0 aliphatic heterocycles. The molecule has 0 fully saturated rings. The van der Waals surface area contributed by atoms with Crippen molar-refractivity contribution in [2.75, 3.05) is 0 Å². The summed E-state index contributed by atoms with van der Waals surface area (Å²) in [6, 6.07) is 13.5. The van der Waals surface area contributed by atoms with Gasteiger partial charge in [-0.2, -0.15) is 0 Å². The van der Waals surface area contributed by atoms with Crippen LogP contribution in [0.5, 0.6) is 0 Å². The van der Waals surface area contributed by atoms with Crippen LogP contribution in [-0.2, 0) is 6.61 Å². The molecular formula is C16H11BrFNO2. The summed E-state index contributed by atoms with van der Waals surface area (Å²) in [7, 11) is 0. The van der Waals surface area contributed by atoms with Crippen molar-refractivity contribution in [1.82, 2.24) is 5.16 Å². The molecule has 5 heteroatoms. The van der Waals surface area contributed by atoms with Gasteiger partial charge in [0.15, 0.2) is 5.76 Å². The lowest BCUT2D eigenvalue weighted by atomic mass is 10.0. The van der Waals surface area contributed by atoms with Crippen molar-refractivity contribution in [2.45, 2.75) is 6.61 Å². The van der Waals surface area contributed by atoms with Crippen molar-refractivity contribution in [3.63, 3.8) is 0 Å². The minimum atomic E-state index is -0.366. The minimum absolute atomic E-state index is 0.244. The van der Waals surface area contributed by atoms with E-state index in [1.165, 1.54) is 12.1 Å². The zero-order valence-electron chi connectivity index (χ0n) is 10.9. The first-order valence-corrected chi connectivity index (χ1v) is 7.10. The molecule has 1 aromatic heterocycles. The molecule has 3 aromatic rings. The van der Waals surface area contributed by atoms with Crippen molar-refractivity contribution in [3.05, 3.63) is 64.4 Å². The summed E-state index contributed by atoms with van der Waals surface area (Å²) in [5, 5.41) is 13.7. The Labute approximate surface area is 129 Å². The van der Waals surface area contributed by atoms with Gasteiger partial charge in [0.2, 0.25) is 0 Å². The highest BCUT2D eigenvalue weighted by Gasteiger charge is 2.19. The normalized spacial score (nSPS) is 10.8. The van der Waals surface area contributed by atoms with E-state index in [2.05, 4.69) is 21.1 Å². The van der Waals surface area contributed by atoms with Crippen molar-refractivity contribution >= 4 is 15.9 Å². The van der Waals surface area contributed by atoms with Gasteiger partial charge in [-0.3, -0.25) is 0 Å². The highest BCUT2D eigenvalue weighted by atomic mass is 79.9. The number of benzene rings is 2. The maximum absolute atomic E-state index is 13.4. The third-order valence-electron chi connectivity index (χ3n) is 3.16. The molecule has 0 unspecified atom stereocenters. The average molecular weight is 348 g/mol. The molecule has 3 rings (SSSR count). The summed E-state index contributed by atoms with van der Waals surface area (Å²) in [6.07, 6.45) is 0. The lowest BCUT2D eigenvalue weighted by molar-refractivity contribution is 0.281. The van der Waals surface area contributed by atoms with Gasteiger partial charge in [-0.25, -0.2) is 4.39 Å². The van der Waals surface area contributed by atoms with Crippen molar-refractivity contribution in [3.8, 4) is 22.6 Å². The number of hydrogen-bond donors (Lipinski definition) is 1. The second-order valence-corrected chi connectivity index (χ2v) is 5.34. The standard InChI is InChI=1S/C16H11BrFNO2/c17-14-7-2-1-6-12(14)15-13(9-20)16(21-19-15)10-4-3-5-11(18)8-10/h1-8,20H,9H2. The summed E-state index contributed by atoms with van der Waals surface area (Å²) in [6.45, 7) is -0.244. The van der Waals surface area contributed by atoms with Gasteiger partial charge in [0.1, 0.15) is 11.5 Å². The fourth-order valence-corrected chi connectivity index (χ4v) is 2.65. The van der Waals surface area contributed by atoms with E-state index in [0.29, 0.717) is 22.6 Å². The lowest BCUT2D eigenvalue weighted by Gasteiger charge is -2.03. The fraction of sp³-hybridized carbons (Fsp3) is 0.0625. The number of nitrogens with zero attached hydrogens (tertiary/aromatic N) is 1. The second kappa shape index (κ2) is 5.79. The van der Waals surface area contributed by atoms with Crippen LogP contribution < -0.4 is 0 Å². The van der Waals surface area contributed by atoms with Crippen LogP contribution in [0.4, 0.5) is 4.39 Å². The van der Waals surface area contributed by atoms with E-state index in [1.54, 1.807) is 12.1 Å². The Morgan fingerprint density at radius 1 is 1.14 bits per heavy atom. The van der Waals surface area contributed by atoms with Crippen molar-refractivity contribution in [2.24, 2.45) is 0 Å². The Kier molecular flexibility index (Phi) is 3.86. The van der Waals surface area contributed by atoms with Crippen LogP contribution >= 0.6 is 15.9 Å². The number of halogens is 2. The quantitative estimate of drug-likeness (QED) is 0.763. The first kappa shape index (κ1) is 14.0. The van der Waals surface area contributed by atoms with Crippen LogP contribution in [0.15, 0.2) is 57.5 Å². The van der Waals surface area contributed by atoms with E-state index in [0.717, 1.165) is 10.0 Å². The number of aliphatic hydroxyl groups is 1. The van der Waals surface area contributed by atoms with E-state index < -0.39 is 0 Å². The predicted octanol–water partition coefficient (Wildman–Crippen LogP) is 4.40. The highest BCUT2D eigenvalue weighted by molar-refractivity contribution is 9.10. The van der Waals surface area contributed by atoms with Crippen LogP contribution in [0, 0.1) is 5.82 Å². The Morgan fingerprint density at radius 2 is 1.95 bits per heavy atom. The smallest absolute Gasteiger partial charge is 0.173 e. The van der Waals surface area contributed by atoms with Gasteiger partial charge in [0, 0.05) is 15.6 Å². The van der Waals surface area contributed by atoms with E-state index in [4.69, 9.17) is 4.52 Å². The molecule has 3 nitrogen and oxygen atoms in total. The molecule has 0 saturated heterocycles. The van der Waals surface area contributed by atoms with E-state index in [9.17, 15) is 9.50 Å². The zero-order chi connectivity index (χ0) is 14.8.